The zero-order valence-corrected chi connectivity index (χ0v) is 11.6. The summed E-state index contributed by atoms with van der Waals surface area (Å²) in [5, 5.41) is 2.44. The summed E-state index contributed by atoms with van der Waals surface area (Å²) in [4.78, 5) is 12.1. The minimum absolute atomic E-state index is 0.0500. The summed E-state index contributed by atoms with van der Waals surface area (Å²) in [5.74, 6) is 0.242. The molecule has 0 heterocycles. The zero-order valence-electron chi connectivity index (χ0n) is 11.6. The van der Waals surface area contributed by atoms with Crippen molar-refractivity contribution in [1.29, 1.82) is 0 Å². The van der Waals surface area contributed by atoms with Gasteiger partial charge in [-0.05, 0) is 22.8 Å². The Balaban J connectivity index is 2.22. The molecular formula is C17H21NO. The van der Waals surface area contributed by atoms with Crippen LogP contribution in [0.1, 0.15) is 19.4 Å². The van der Waals surface area contributed by atoms with E-state index in [-0.39, 0.29) is 17.6 Å². The summed E-state index contributed by atoms with van der Waals surface area (Å²) in [6.45, 7) is 4.29. The first-order valence-corrected chi connectivity index (χ1v) is 6.83. The van der Waals surface area contributed by atoms with Crippen molar-refractivity contribution in [2.45, 2.75) is 20.3 Å². The van der Waals surface area contributed by atoms with Crippen LogP contribution in [-0.4, -0.2) is 12.3 Å². The van der Waals surface area contributed by atoms with Gasteiger partial charge in [-0.2, -0.15) is 0 Å². The Kier molecular flexibility index (Phi) is 4.33. The molecule has 0 fully saturated rings. The fourth-order valence-electron chi connectivity index (χ4n) is 2.42. The summed E-state index contributed by atoms with van der Waals surface area (Å²) in [6.07, 6.45) is 0.734. The molecule has 0 saturated heterocycles. The highest BCUT2D eigenvalue weighted by molar-refractivity contribution is 5.85. The minimum atomic E-state index is -0.0684. The molecule has 0 amide bonds. The second kappa shape index (κ2) is 5.98. The SMILES string of the molecule is CC(C)C(=O)C(CN)Cc1ccc2ccccc2c1. The fourth-order valence-corrected chi connectivity index (χ4v) is 2.42. The van der Waals surface area contributed by atoms with Gasteiger partial charge in [-0.25, -0.2) is 0 Å². The van der Waals surface area contributed by atoms with Crippen molar-refractivity contribution in [1.82, 2.24) is 0 Å². The van der Waals surface area contributed by atoms with E-state index in [9.17, 15) is 4.79 Å². The standard InChI is InChI=1S/C17H21NO/c1-12(2)17(19)16(11-18)10-13-7-8-14-5-3-4-6-15(14)9-13/h3-9,12,16H,10-11,18H2,1-2H3. The third kappa shape index (κ3) is 3.21. The molecule has 0 bridgehead atoms. The quantitative estimate of drug-likeness (QED) is 0.891. The maximum atomic E-state index is 12.1. The topological polar surface area (TPSA) is 43.1 Å². The maximum Gasteiger partial charge on any atom is 0.140 e. The van der Waals surface area contributed by atoms with Gasteiger partial charge in [0.05, 0.1) is 0 Å². The van der Waals surface area contributed by atoms with E-state index >= 15 is 0 Å². The van der Waals surface area contributed by atoms with Gasteiger partial charge in [0.1, 0.15) is 5.78 Å². The predicted molar refractivity (Wildman–Crippen MR) is 80.0 cm³/mol. The van der Waals surface area contributed by atoms with E-state index in [4.69, 9.17) is 5.73 Å². The lowest BCUT2D eigenvalue weighted by atomic mass is 9.89. The highest BCUT2D eigenvalue weighted by Crippen LogP contribution is 2.19. The highest BCUT2D eigenvalue weighted by atomic mass is 16.1. The Bertz CT molecular complexity index is 574. The molecule has 2 rings (SSSR count). The maximum absolute atomic E-state index is 12.1. The second-order valence-electron chi connectivity index (χ2n) is 5.38. The molecule has 2 N–H and O–H groups in total. The second-order valence-corrected chi connectivity index (χ2v) is 5.38. The van der Waals surface area contributed by atoms with Crippen molar-refractivity contribution in [2.24, 2.45) is 17.6 Å². The highest BCUT2D eigenvalue weighted by Gasteiger charge is 2.20. The molecule has 0 aliphatic carbocycles. The average molecular weight is 255 g/mol. The van der Waals surface area contributed by atoms with Gasteiger partial charge in [0.2, 0.25) is 0 Å². The van der Waals surface area contributed by atoms with E-state index in [1.807, 2.05) is 26.0 Å². The summed E-state index contributed by atoms with van der Waals surface area (Å²) in [7, 11) is 0. The van der Waals surface area contributed by atoms with Crippen LogP contribution < -0.4 is 5.73 Å². The smallest absolute Gasteiger partial charge is 0.140 e. The molecule has 0 spiro atoms. The molecule has 0 aliphatic heterocycles. The first-order chi connectivity index (χ1) is 9.11. The molecular weight excluding hydrogens is 234 g/mol. The van der Waals surface area contributed by atoms with Gasteiger partial charge in [-0.15, -0.1) is 0 Å². The number of rotatable bonds is 5. The Hall–Kier alpha value is -1.67. The number of Topliss-reactive ketones (excluding diaryl/α,β-unsaturated/α-hetero) is 1. The van der Waals surface area contributed by atoms with Crippen molar-refractivity contribution in [3.63, 3.8) is 0 Å². The van der Waals surface area contributed by atoms with E-state index in [1.54, 1.807) is 0 Å². The molecule has 1 atom stereocenters. The van der Waals surface area contributed by atoms with Crippen LogP contribution in [0.3, 0.4) is 0 Å². The van der Waals surface area contributed by atoms with Crippen LogP contribution >= 0.6 is 0 Å². The van der Waals surface area contributed by atoms with Crippen molar-refractivity contribution < 1.29 is 4.79 Å². The van der Waals surface area contributed by atoms with Crippen LogP contribution in [0.5, 0.6) is 0 Å². The lowest BCUT2D eigenvalue weighted by Gasteiger charge is -2.16. The predicted octanol–water partition coefficient (Wildman–Crippen LogP) is 3.18. The molecule has 1 unspecified atom stereocenters. The number of carbonyl (C=O) groups is 1. The minimum Gasteiger partial charge on any atom is -0.330 e. The van der Waals surface area contributed by atoms with Gasteiger partial charge < -0.3 is 5.73 Å². The number of hydrogen-bond acceptors (Lipinski definition) is 2. The molecule has 0 aliphatic rings. The Morgan fingerprint density at radius 3 is 2.42 bits per heavy atom. The summed E-state index contributed by atoms with van der Waals surface area (Å²) in [5.41, 5.74) is 6.93. The van der Waals surface area contributed by atoms with Crippen LogP contribution in [0, 0.1) is 11.8 Å². The van der Waals surface area contributed by atoms with E-state index in [2.05, 4.69) is 30.3 Å². The molecule has 0 aromatic heterocycles. The summed E-state index contributed by atoms with van der Waals surface area (Å²) in [6, 6.07) is 14.6. The molecule has 2 aromatic carbocycles. The van der Waals surface area contributed by atoms with Crippen LogP contribution in [0.4, 0.5) is 0 Å². The molecule has 0 saturated carbocycles. The van der Waals surface area contributed by atoms with Crippen molar-refractivity contribution in [2.75, 3.05) is 6.54 Å². The van der Waals surface area contributed by atoms with Crippen LogP contribution in [0.25, 0.3) is 10.8 Å². The van der Waals surface area contributed by atoms with E-state index in [1.165, 1.54) is 16.3 Å². The van der Waals surface area contributed by atoms with Crippen LogP contribution in [-0.2, 0) is 11.2 Å². The molecule has 0 radical (unpaired) electrons. The Morgan fingerprint density at radius 2 is 1.79 bits per heavy atom. The van der Waals surface area contributed by atoms with Gasteiger partial charge in [0.25, 0.3) is 0 Å². The van der Waals surface area contributed by atoms with E-state index in [0.29, 0.717) is 6.54 Å². The number of hydrogen-bond donors (Lipinski definition) is 1. The fraction of sp³-hybridized carbons (Fsp3) is 0.353. The largest absolute Gasteiger partial charge is 0.330 e. The molecule has 100 valence electrons. The normalized spacial score (nSPS) is 12.8. The van der Waals surface area contributed by atoms with Gasteiger partial charge in [0, 0.05) is 18.4 Å². The number of ketones is 1. The number of benzene rings is 2. The third-order valence-electron chi connectivity index (χ3n) is 3.55. The van der Waals surface area contributed by atoms with E-state index in [0.717, 1.165) is 6.42 Å². The van der Waals surface area contributed by atoms with Crippen LogP contribution in [0.2, 0.25) is 0 Å². The summed E-state index contributed by atoms with van der Waals surface area (Å²) >= 11 is 0. The van der Waals surface area contributed by atoms with Crippen molar-refractivity contribution in [3.8, 4) is 0 Å². The van der Waals surface area contributed by atoms with Gasteiger partial charge in [-0.3, -0.25) is 4.79 Å². The first kappa shape index (κ1) is 13.8. The third-order valence-corrected chi connectivity index (χ3v) is 3.55. The van der Waals surface area contributed by atoms with Gasteiger partial charge >= 0.3 is 0 Å². The first-order valence-electron chi connectivity index (χ1n) is 6.83. The lowest BCUT2D eigenvalue weighted by Crippen LogP contribution is -2.29. The zero-order chi connectivity index (χ0) is 13.8. The van der Waals surface area contributed by atoms with Crippen molar-refractivity contribution in [3.05, 3.63) is 48.0 Å². The monoisotopic (exact) mass is 255 g/mol. The van der Waals surface area contributed by atoms with E-state index < -0.39 is 0 Å². The van der Waals surface area contributed by atoms with Crippen LogP contribution in [0.15, 0.2) is 42.5 Å². The summed E-state index contributed by atoms with van der Waals surface area (Å²) < 4.78 is 0. The van der Waals surface area contributed by atoms with Gasteiger partial charge in [0.15, 0.2) is 0 Å². The molecule has 2 aromatic rings. The van der Waals surface area contributed by atoms with Gasteiger partial charge in [-0.1, -0.05) is 56.3 Å². The molecule has 19 heavy (non-hydrogen) atoms. The number of carbonyl (C=O) groups excluding carboxylic acids is 1. The van der Waals surface area contributed by atoms with Crippen molar-refractivity contribution >= 4 is 16.6 Å². The Morgan fingerprint density at radius 1 is 1.11 bits per heavy atom. The average Bonchev–Trinajstić information content (AvgIpc) is 2.43. The number of nitrogens with two attached hydrogens (primary N) is 1. The Labute approximate surface area is 114 Å². The molecule has 2 heteroatoms. The number of fused-ring (bicyclic) bond motifs is 1. The lowest BCUT2D eigenvalue weighted by molar-refractivity contribution is -0.125. The molecule has 2 nitrogen and oxygen atoms in total.